The second-order valence-electron chi connectivity index (χ2n) is 3.65. The lowest BCUT2D eigenvalue weighted by Gasteiger charge is -2.07. The van der Waals surface area contributed by atoms with E-state index in [1.54, 1.807) is 0 Å². The van der Waals surface area contributed by atoms with Gasteiger partial charge in [0.05, 0.1) is 4.88 Å². The molecule has 0 aromatic carbocycles. The highest BCUT2D eigenvalue weighted by atomic mass is 35.5. The number of nitrogens with one attached hydrogen (secondary N) is 1. The van der Waals surface area contributed by atoms with Crippen LogP contribution in [0, 0.1) is 0 Å². The summed E-state index contributed by atoms with van der Waals surface area (Å²) >= 11 is 13.1. The lowest BCUT2D eigenvalue weighted by molar-refractivity contribution is 0.623. The van der Waals surface area contributed by atoms with E-state index < -0.39 is 0 Å². The molecule has 1 aromatic heterocycles. The Bertz CT molecular complexity index is 358. The summed E-state index contributed by atoms with van der Waals surface area (Å²) < 4.78 is 0.482. The van der Waals surface area contributed by atoms with Crippen molar-refractivity contribution in [3.8, 4) is 0 Å². The van der Waals surface area contributed by atoms with Crippen LogP contribution in [0.2, 0.25) is 9.62 Å². The molecule has 1 rings (SSSR count). The Morgan fingerprint density at radius 2 is 2.20 bits per heavy atom. The standard InChI is InChI=1S/C10H14Cl2N2S/c1-6(2)13-5-7(3)4-8-9(11)14-10(12)15-8/h4,6,13H,5H2,1-3H3. The lowest BCUT2D eigenvalue weighted by Crippen LogP contribution is -2.24. The van der Waals surface area contributed by atoms with Gasteiger partial charge < -0.3 is 5.32 Å². The van der Waals surface area contributed by atoms with E-state index in [0.29, 0.717) is 15.7 Å². The molecule has 0 saturated heterocycles. The first-order valence-electron chi connectivity index (χ1n) is 4.71. The molecule has 0 atom stereocenters. The molecule has 0 radical (unpaired) electrons. The maximum absolute atomic E-state index is 5.90. The molecule has 0 aliphatic heterocycles. The van der Waals surface area contributed by atoms with Gasteiger partial charge in [-0.05, 0) is 13.0 Å². The monoisotopic (exact) mass is 264 g/mol. The second-order valence-corrected chi connectivity index (χ2v) is 5.62. The van der Waals surface area contributed by atoms with Crippen LogP contribution in [0.1, 0.15) is 25.6 Å². The van der Waals surface area contributed by atoms with Gasteiger partial charge in [-0.15, -0.1) is 11.3 Å². The Balaban J connectivity index is 2.65. The van der Waals surface area contributed by atoms with Gasteiger partial charge in [0.2, 0.25) is 0 Å². The van der Waals surface area contributed by atoms with E-state index in [9.17, 15) is 0 Å². The first-order valence-corrected chi connectivity index (χ1v) is 6.28. The van der Waals surface area contributed by atoms with E-state index in [2.05, 4.69) is 31.1 Å². The summed E-state index contributed by atoms with van der Waals surface area (Å²) in [4.78, 5) is 4.86. The van der Waals surface area contributed by atoms with E-state index >= 15 is 0 Å². The number of rotatable bonds is 4. The van der Waals surface area contributed by atoms with Gasteiger partial charge >= 0.3 is 0 Å². The van der Waals surface area contributed by atoms with Crippen molar-refractivity contribution >= 4 is 40.6 Å². The Hall–Kier alpha value is -0.0900. The Morgan fingerprint density at radius 3 is 2.67 bits per heavy atom. The molecule has 0 fully saturated rings. The first kappa shape index (κ1) is 13.0. The molecule has 1 heterocycles. The van der Waals surface area contributed by atoms with E-state index in [1.807, 2.05) is 6.08 Å². The predicted octanol–water partition coefficient (Wildman–Crippen LogP) is 3.85. The average Bonchev–Trinajstić information content (AvgIpc) is 2.42. The summed E-state index contributed by atoms with van der Waals surface area (Å²) in [5.74, 6) is 0. The fourth-order valence-electron chi connectivity index (χ4n) is 1.02. The topological polar surface area (TPSA) is 24.9 Å². The van der Waals surface area contributed by atoms with Gasteiger partial charge in [-0.1, -0.05) is 42.6 Å². The number of halogens is 2. The lowest BCUT2D eigenvalue weighted by atomic mass is 10.2. The Morgan fingerprint density at radius 1 is 1.53 bits per heavy atom. The summed E-state index contributed by atoms with van der Waals surface area (Å²) in [6.45, 7) is 7.14. The normalized spacial score (nSPS) is 12.5. The van der Waals surface area contributed by atoms with Gasteiger partial charge in [0.1, 0.15) is 5.15 Å². The van der Waals surface area contributed by atoms with Gasteiger partial charge in [0.25, 0.3) is 0 Å². The van der Waals surface area contributed by atoms with Crippen molar-refractivity contribution in [3.05, 3.63) is 20.1 Å². The van der Waals surface area contributed by atoms with Crippen LogP contribution in [0.15, 0.2) is 5.57 Å². The van der Waals surface area contributed by atoms with Crippen LogP contribution < -0.4 is 5.32 Å². The smallest absolute Gasteiger partial charge is 0.185 e. The average molecular weight is 265 g/mol. The van der Waals surface area contributed by atoms with E-state index in [1.165, 1.54) is 16.9 Å². The molecule has 0 aliphatic rings. The third-order valence-electron chi connectivity index (χ3n) is 1.75. The third kappa shape index (κ3) is 4.51. The van der Waals surface area contributed by atoms with Crippen molar-refractivity contribution < 1.29 is 0 Å². The summed E-state index contributed by atoms with van der Waals surface area (Å²) in [7, 11) is 0. The van der Waals surface area contributed by atoms with Crippen LogP contribution in [0.4, 0.5) is 0 Å². The zero-order valence-corrected chi connectivity index (χ0v) is 11.3. The van der Waals surface area contributed by atoms with Crippen molar-refractivity contribution in [2.24, 2.45) is 0 Å². The second kappa shape index (κ2) is 5.85. The maximum Gasteiger partial charge on any atom is 0.185 e. The largest absolute Gasteiger partial charge is 0.311 e. The summed E-state index contributed by atoms with van der Waals surface area (Å²) in [5.41, 5.74) is 1.21. The third-order valence-corrected chi connectivity index (χ3v) is 3.26. The number of hydrogen-bond acceptors (Lipinski definition) is 3. The van der Waals surface area contributed by atoms with Crippen molar-refractivity contribution in [3.63, 3.8) is 0 Å². The quantitative estimate of drug-likeness (QED) is 0.894. The van der Waals surface area contributed by atoms with Gasteiger partial charge in [-0.2, -0.15) is 0 Å². The van der Waals surface area contributed by atoms with Gasteiger partial charge in [-0.3, -0.25) is 0 Å². The zero-order valence-electron chi connectivity index (χ0n) is 8.97. The predicted molar refractivity (Wildman–Crippen MR) is 68.9 cm³/mol. The maximum atomic E-state index is 5.90. The molecule has 0 amide bonds. The van der Waals surface area contributed by atoms with Crippen molar-refractivity contribution in [2.45, 2.75) is 26.8 Å². The fraction of sp³-hybridized carbons (Fsp3) is 0.500. The summed E-state index contributed by atoms with van der Waals surface area (Å²) in [5, 5.41) is 3.81. The minimum absolute atomic E-state index is 0.480. The van der Waals surface area contributed by atoms with Gasteiger partial charge in [0.15, 0.2) is 4.47 Å². The van der Waals surface area contributed by atoms with E-state index in [-0.39, 0.29) is 0 Å². The molecule has 5 heteroatoms. The molecular formula is C10H14Cl2N2S. The highest BCUT2D eigenvalue weighted by molar-refractivity contribution is 7.17. The molecule has 15 heavy (non-hydrogen) atoms. The SMILES string of the molecule is CC(=Cc1sc(Cl)nc1Cl)CNC(C)C. The number of hydrogen-bond donors (Lipinski definition) is 1. The molecule has 0 unspecified atom stereocenters. The fourth-order valence-corrected chi connectivity index (χ4v) is 2.41. The molecule has 0 bridgehead atoms. The molecule has 0 saturated carbocycles. The summed E-state index contributed by atoms with van der Waals surface area (Å²) in [6, 6.07) is 0.480. The van der Waals surface area contributed by atoms with E-state index in [0.717, 1.165) is 11.4 Å². The molecule has 2 nitrogen and oxygen atoms in total. The Kier molecular flexibility index (Phi) is 5.06. The highest BCUT2D eigenvalue weighted by Gasteiger charge is 2.05. The van der Waals surface area contributed by atoms with Crippen LogP contribution in [0.3, 0.4) is 0 Å². The number of thiazole rings is 1. The van der Waals surface area contributed by atoms with Crippen molar-refractivity contribution in [1.29, 1.82) is 0 Å². The summed E-state index contributed by atoms with van der Waals surface area (Å²) in [6.07, 6.45) is 2.02. The van der Waals surface area contributed by atoms with Crippen molar-refractivity contribution in [2.75, 3.05) is 6.54 Å². The number of aromatic nitrogens is 1. The minimum Gasteiger partial charge on any atom is -0.311 e. The van der Waals surface area contributed by atoms with E-state index in [4.69, 9.17) is 23.2 Å². The zero-order chi connectivity index (χ0) is 11.4. The van der Waals surface area contributed by atoms with Crippen LogP contribution in [0.25, 0.3) is 6.08 Å². The molecule has 1 aromatic rings. The van der Waals surface area contributed by atoms with Crippen LogP contribution in [0.5, 0.6) is 0 Å². The van der Waals surface area contributed by atoms with Crippen molar-refractivity contribution in [1.82, 2.24) is 10.3 Å². The number of nitrogens with zero attached hydrogens (tertiary/aromatic N) is 1. The minimum atomic E-state index is 0.480. The van der Waals surface area contributed by atoms with Crippen LogP contribution in [-0.4, -0.2) is 17.6 Å². The first-order chi connectivity index (χ1) is 6.99. The van der Waals surface area contributed by atoms with Gasteiger partial charge in [0, 0.05) is 12.6 Å². The molecule has 0 aliphatic carbocycles. The Labute approximate surface area is 104 Å². The molecule has 1 N–H and O–H groups in total. The van der Waals surface area contributed by atoms with Crippen LogP contribution in [-0.2, 0) is 0 Å². The highest BCUT2D eigenvalue weighted by Crippen LogP contribution is 2.28. The molecular weight excluding hydrogens is 251 g/mol. The van der Waals surface area contributed by atoms with Crippen LogP contribution >= 0.6 is 34.5 Å². The molecule has 0 spiro atoms. The van der Waals surface area contributed by atoms with Gasteiger partial charge in [-0.25, -0.2) is 4.98 Å². The molecule has 84 valence electrons.